The van der Waals surface area contributed by atoms with E-state index in [4.69, 9.17) is 0 Å². The van der Waals surface area contributed by atoms with E-state index in [0.717, 1.165) is 16.8 Å². The summed E-state index contributed by atoms with van der Waals surface area (Å²) in [5.41, 5.74) is 3.77. The standard InChI is InChI=1S/C24H26N2O3S/c1-17(2)22-7-5-6-8-23(22)25-24(27)19-11-13-20(14-12-19)26(4)30(28,29)21-15-9-18(3)10-16-21/h5-17H,1-4H3,(H,25,27). The highest BCUT2D eigenvalue weighted by Gasteiger charge is 2.21. The second kappa shape index (κ2) is 8.71. The van der Waals surface area contributed by atoms with Crippen LogP contribution < -0.4 is 9.62 Å². The van der Waals surface area contributed by atoms with Crippen LogP contribution in [0.4, 0.5) is 11.4 Å². The molecular weight excluding hydrogens is 396 g/mol. The van der Waals surface area contributed by atoms with Crippen molar-refractivity contribution in [1.82, 2.24) is 0 Å². The first-order chi connectivity index (χ1) is 14.2. The zero-order valence-electron chi connectivity index (χ0n) is 17.6. The second-order valence-electron chi connectivity index (χ2n) is 7.53. The summed E-state index contributed by atoms with van der Waals surface area (Å²) in [5.74, 6) is 0.0446. The van der Waals surface area contributed by atoms with Crippen LogP contribution >= 0.6 is 0 Å². The number of amides is 1. The van der Waals surface area contributed by atoms with Crippen LogP contribution in [-0.4, -0.2) is 21.4 Å². The molecule has 6 heteroatoms. The third-order valence-electron chi connectivity index (χ3n) is 5.00. The van der Waals surface area contributed by atoms with Gasteiger partial charge in [-0.15, -0.1) is 0 Å². The Labute approximate surface area is 178 Å². The Hall–Kier alpha value is -3.12. The van der Waals surface area contributed by atoms with Gasteiger partial charge in [0.15, 0.2) is 0 Å². The van der Waals surface area contributed by atoms with E-state index in [1.165, 1.54) is 11.4 Å². The van der Waals surface area contributed by atoms with E-state index in [0.29, 0.717) is 11.3 Å². The smallest absolute Gasteiger partial charge is 0.264 e. The predicted molar refractivity (Wildman–Crippen MR) is 122 cm³/mol. The van der Waals surface area contributed by atoms with Gasteiger partial charge in [-0.3, -0.25) is 9.10 Å². The van der Waals surface area contributed by atoms with Gasteiger partial charge in [0.1, 0.15) is 0 Å². The number of carbonyl (C=O) groups excluding carboxylic acids is 1. The minimum atomic E-state index is -3.67. The maximum absolute atomic E-state index is 12.9. The fourth-order valence-corrected chi connectivity index (χ4v) is 4.33. The van der Waals surface area contributed by atoms with E-state index in [9.17, 15) is 13.2 Å². The SMILES string of the molecule is Cc1ccc(S(=O)(=O)N(C)c2ccc(C(=O)Nc3ccccc3C(C)C)cc2)cc1. The van der Waals surface area contributed by atoms with Gasteiger partial charge in [0.05, 0.1) is 10.6 Å². The van der Waals surface area contributed by atoms with Crippen LogP contribution in [0.2, 0.25) is 0 Å². The number of hydrogen-bond acceptors (Lipinski definition) is 3. The van der Waals surface area contributed by atoms with Crippen molar-refractivity contribution >= 4 is 27.3 Å². The summed E-state index contributed by atoms with van der Waals surface area (Å²) in [7, 11) is -2.17. The van der Waals surface area contributed by atoms with Gasteiger partial charge in [-0.2, -0.15) is 0 Å². The number of sulfonamides is 1. The molecule has 0 radical (unpaired) electrons. The lowest BCUT2D eigenvalue weighted by Gasteiger charge is -2.20. The van der Waals surface area contributed by atoms with Crippen molar-refractivity contribution in [1.29, 1.82) is 0 Å². The molecule has 156 valence electrons. The molecule has 0 unspecified atom stereocenters. The van der Waals surface area contributed by atoms with Crippen LogP contribution in [0.25, 0.3) is 0 Å². The molecule has 1 N–H and O–H groups in total. The van der Waals surface area contributed by atoms with Crippen LogP contribution in [0.1, 0.15) is 41.3 Å². The average Bonchev–Trinajstić information content (AvgIpc) is 2.74. The van der Waals surface area contributed by atoms with Gasteiger partial charge in [-0.05, 0) is 60.9 Å². The van der Waals surface area contributed by atoms with Gasteiger partial charge in [-0.25, -0.2) is 8.42 Å². The molecule has 30 heavy (non-hydrogen) atoms. The molecule has 1 amide bonds. The Morgan fingerprint density at radius 1 is 0.900 bits per heavy atom. The molecule has 0 fully saturated rings. The highest BCUT2D eigenvalue weighted by molar-refractivity contribution is 7.92. The fraction of sp³-hybridized carbons (Fsp3) is 0.208. The number of benzene rings is 3. The molecular formula is C24H26N2O3S. The third-order valence-corrected chi connectivity index (χ3v) is 6.80. The fourth-order valence-electron chi connectivity index (χ4n) is 3.14. The first-order valence-electron chi connectivity index (χ1n) is 9.76. The molecule has 0 spiro atoms. The van der Waals surface area contributed by atoms with Crippen LogP contribution in [0.5, 0.6) is 0 Å². The number of aryl methyl sites for hydroxylation is 1. The summed E-state index contributed by atoms with van der Waals surface area (Å²) in [6.45, 7) is 6.05. The quantitative estimate of drug-likeness (QED) is 0.594. The molecule has 0 saturated heterocycles. The van der Waals surface area contributed by atoms with Crippen molar-refractivity contribution in [3.05, 3.63) is 89.5 Å². The van der Waals surface area contributed by atoms with Gasteiger partial charge in [0, 0.05) is 18.3 Å². The predicted octanol–water partition coefficient (Wildman–Crippen LogP) is 5.20. The first kappa shape index (κ1) is 21.6. The van der Waals surface area contributed by atoms with Gasteiger partial charge in [0.2, 0.25) is 0 Å². The van der Waals surface area contributed by atoms with E-state index >= 15 is 0 Å². The van der Waals surface area contributed by atoms with E-state index < -0.39 is 10.0 Å². The lowest BCUT2D eigenvalue weighted by atomic mass is 10.0. The van der Waals surface area contributed by atoms with Crippen molar-refractivity contribution in [3.63, 3.8) is 0 Å². The van der Waals surface area contributed by atoms with Crippen molar-refractivity contribution in [2.24, 2.45) is 0 Å². The van der Waals surface area contributed by atoms with Crippen molar-refractivity contribution in [3.8, 4) is 0 Å². The molecule has 3 aromatic carbocycles. The van der Waals surface area contributed by atoms with Crippen LogP contribution in [0.15, 0.2) is 77.7 Å². The average molecular weight is 423 g/mol. The number of nitrogens with zero attached hydrogens (tertiary/aromatic N) is 1. The molecule has 0 aliphatic heterocycles. The first-order valence-corrected chi connectivity index (χ1v) is 11.2. The Kier molecular flexibility index (Phi) is 6.27. The molecule has 0 heterocycles. The molecule has 0 saturated carbocycles. The lowest BCUT2D eigenvalue weighted by Crippen LogP contribution is -2.26. The summed E-state index contributed by atoms with van der Waals surface area (Å²) in [5, 5.41) is 2.95. The molecule has 0 bridgehead atoms. The van der Waals surface area contributed by atoms with Crippen molar-refractivity contribution < 1.29 is 13.2 Å². The van der Waals surface area contributed by atoms with Gasteiger partial charge in [-0.1, -0.05) is 49.7 Å². The van der Waals surface area contributed by atoms with Crippen LogP contribution in [-0.2, 0) is 10.0 Å². The number of para-hydroxylation sites is 1. The van der Waals surface area contributed by atoms with E-state index in [2.05, 4.69) is 19.2 Å². The number of anilines is 2. The summed E-state index contributed by atoms with van der Waals surface area (Å²) < 4.78 is 26.9. The van der Waals surface area contributed by atoms with Gasteiger partial charge in [0.25, 0.3) is 15.9 Å². The second-order valence-corrected chi connectivity index (χ2v) is 9.50. The van der Waals surface area contributed by atoms with Crippen molar-refractivity contribution in [2.45, 2.75) is 31.6 Å². The summed E-state index contributed by atoms with van der Waals surface area (Å²) in [6.07, 6.45) is 0. The Bertz CT molecular complexity index is 1140. The van der Waals surface area contributed by atoms with Crippen LogP contribution in [0, 0.1) is 6.92 Å². The summed E-state index contributed by atoms with van der Waals surface area (Å²) >= 11 is 0. The van der Waals surface area contributed by atoms with E-state index in [1.54, 1.807) is 48.5 Å². The molecule has 0 aliphatic rings. The number of carbonyl (C=O) groups is 1. The largest absolute Gasteiger partial charge is 0.322 e. The summed E-state index contributed by atoms with van der Waals surface area (Å²) in [6, 6.07) is 21.0. The van der Waals surface area contributed by atoms with E-state index in [1.807, 2.05) is 31.2 Å². The Morgan fingerprint density at radius 3 is 2.10 bits per heavy atom. The molecule has 0 aliphatic carbocycles. The summed E-state index contributed by atoms with van der Waals surface area (Å²) in [4.78, 5) is 12.9. The zero-order valence-corrected chi connectivity index (χ0v) is 18.4. The number of hydrogen-bond donors (Lipinski definition) is 1. The number of nitrogens with one attached hydrogen (secondary N) is 1. The minimum Gasteiger partial charge on any atom is -0.322 e. The maximum atomic E-state index is 12.9. The Balaban J connectivity index is 1.79. The Morgan fingerprint density at radius 2 is 1.50 bits per heavy atom. The van der Waals surface area contributed by atoms with Crippen LogP contribution in [0.3, 0.4) is 0 Å². The zero-order chi connectivity index (χ0) is 21.9. The monoisotopic (exact) mass is 422 g/mol. The molecule has 3 rings (SSSR count). The maximum Gasteiger partial charge on any atom is 0.264 e. The van der Waals surface area contributed by atoms with E-state index in [-0.39, 0.29) is 16.7 Å². The third kappa shape index (κ3) is 4.54. The normalized spacial score (nSPS) is 11.4. The number of rotatable bonds is 6. The highest BCUT2D eigenvalue weighted by Crippen LogP contribution is 2.25. The molecule has 5 nitrogen and oxygen atoms in total. The topological polar surface area (TPSA) is 66.5 Å². The molecule has 0 aromatic heterocycles. The molecule has 3 aromatic rings. The highest BCUT2D eigenvalue weighted by atomic mass is 32.2. The van der Waals surface area contributed by atoms with Crippen molar-refractivity contribution in [2.75, 3.05) is 16.7 Å². The minimum absolute atomic E-state index is 0.225. The lowest BCUT2D eigenvalue weighted by molar-refractivity contribution is 0.102. The molecule has 0 atom stereocenters. The van der Waals surface area contributed by atoms with Gasteiger partial charge < -0.3 is 5.32 Å². The van der Waals surface area contributed by atoms with Gasteiger partial charge >= 0.3 is 0 Å².